The highest BCUT2D eigenvalue weighted by Crippen LogP contribution is 2.18. The zero-order valence-corrected chi connectivity index (χ0v) is 11.1. The summed E-state index contributed by atoms with van der Waals surface area (Å²) in [5.41, 5.74) is 0.919. The van der Waals surface area contributed by atoms with Gasteiger partial charge in [-0.25, -0.2) is 4.39 Å². The van der Waals surface area contributed by atoms with Gasteiger partial charge in [0, 0.05) is 32.2 Å². The molecule has 0 aliphatic carbocycles. The summed E-state index contributed by atoms with van der Waals surface area (Å²) in [7, 11) is 0. The third-order valence-electron chi connectivity index (χ3n) is 3.67. The van der Waals surface area contributed by atoms with E-state index in [1.807, 2.05) is 0 Å². The Bertz CT molecular complexity index is 411. The Balaban J connectivity index is 1.96. The highest BCUT2D eigenvalue weighted by atomic mass is 19.1. The van der Waals surface area contributed by atoms with Crippen LogP contribution in [0.5, 0.6) is 5.75 Å². The molecule has 3 nitrogen and oxygen atoms in total. The molecule has 1 N–H and O–H groups in total. The molecule has 1 aliphatic heterocycles. The third kappa shape index (κ3) is 3.00. The van der Waals surface area contributed by atoms with Crippen LogP contribution < -0.4 is 0 Å². The van der Waals surface area contributed by atoms with Crippen molar-refractivity contribution in [3.63, 3.8) is 0 Å². The lowest BCUT2D eigenvalue weighted by Crippen LogP contribution is -2.51. The fourth-order valence-electron chi connectivity index (χ4n) is 2.59. The van der Waals surface area contributed by atoms with E-state index >= 15 is 0 Å². The van der Waals surface area contributed by atoms with E-state index in [1.165, 1.54) is 12.1 Å². The van der Waals surface area contributed by atoms with Gasteiger partial charge in [0.05, 0.1) is 0 Å². The van der Waals surface area contributed by atoms with E-state index < -0.39 is 5.82 Å². The molecule has 0 amide bonds. The van der Waals surface area contributed by atoms with Crippen LogP contribution in [-0.2, 0) is 6.54 Å². The molecule has 1 atom stereocenters. The first-order valence-corrected chi connectivity index (χ1v) is 6.54. The Kier molecular flexibility index (Phi) is 4.19. The summed E-state index contributed by atoms with van der Waals surface area (Å²) in [6.07, 6.45) is 0. The smallest absolute Gasteiger partial charge is 0.165 e. The average molecular weight is 252 g/mol. The molecule has 1 aliphatic rings. The standard InChI is InChI=1S/C14H21FN2O/c1-3-17-7-6-16(9-11(17)2)10-12-4-5-14(18)13(15)8-12/h4-5,8,11,18H,3,6-7,9-10H2,1-2H3. The summed E-state index contributed by atoms with van der Waals surface area (Å²) in [4.78, 5) is 4.79. The number of halogens is 1. The second kappa shape index (κ2) is 5.67. The van der Waals surface area contributed by atoms with Crippen LogP contribution in [0.1, 0.15) is 19.4 Å². The van der Waals surface area contributed by atoms with Crippen LogP contribution in [0, 0.1) is 5.82 Å². The predicted molar refractivity (Wildman–Crippen MR) is 70.1 cm³/mol. The number of hydrogen-bond acceptors (Lipinski definition) is 3. The van der Waals surface area contributed by atoms with Crippen molar-refractivity contribution in [2.24, 2.45) is 0 Å². The fraction of sp³-hybridized carbons (Fsp3) is 0.571. The molecule has 1 saturated heterocycles. The quantitative estimate of drug-likeness (QED) is 0.892. The minimum absolute atomic E-state index is 0.275. The lowest BCUT2D eigenvalue weighted by molar-refractivity contribution is 0.0834. The Morgan fingerprint density at radius 1 is 1.39 bits per heavy atom. The Morgan fingerprint density at radius 3 is 2.78 bits per heavy atom. The maximum absolute atomic E-state index is 13.2. The average Bonchev–Trinajstić information content (AvgIpc) is 2.34. The number of hydrogen-bond donors (Lipinski definition) is 1. The molecular formula is C14H21FN2O. The van der Waals surface area contributed by atoms with Gasteiger partial charge in [-0.2, -0.15) is 0 Å². The molecule has 4 heteroatoms. The summed E-state index contributed by atoms with van der Waals surface area (Å²) in [5.74, 6) is -0.810. The molecule has 0 radical (unpaired) electrons. The second-order valence-electron chi connectivity index (χ2n) is 5.00. The molecule has 1 heterocycles. The molecule has 0 aromatic heterocycles. The van der Waals surface area contributed by atoms with Crippen LogP contribution in [0.15, 0.2) is 18.2 Å². The summed E-state index contributed by atoms with van der Waals surface area (Å²) < 4.78 is 13.2. The summed E-state index contributed by atoms with van der Waals surface area (Å²) in [6.45, 7) is 9.34. The minimum atomic E-state index is -0.534. The number of aromatic hydroxyl groups is 1. The van der Waals surface area contributed by atoms with E-state index in [0.29, 0.717) is 6.04 Å². The lowest BCUT2D eigenvalue weighted by Gasteiger charge is -2.39. The van der Waals surface area contributed by atoms with E-state index in [4.69, 9.17) is 5.11 Å². The molecule has 100 valence electrons. The Labute approximate surface area is 108 Å². The number of phenols is 1. The van der Waals surface area contributed by atoms with Crippen molar-refractivity contribution in [1.82, 2.24) is 9.80 Å². The largest absolute Gasteiger partial charge is 0.505 e. The van der Waals surface area contributed by atoms with E-state index in [0.717, 1.165) is 38.3 Å². The van der Waals surface area contributed by atoms with Gasteiger partial charge in [0.25, 0.3) is 0 Å². The van der Waals surface area contributed by atoms with E-state index in [-0.39, 0.29) is 5.75 Å². The first kappa shape index (κ1) is 13.3. The van der Waals surface area contributed by atoms with Crippen LogP contribution in [0.4, 0.5) is 4.39 Å². The Morgan fingerprint density at radius 2 is 2.17 bits per heavy atom. The maximum atomic E-state index is 13.2. The summed E-state index contributed by atoms with van der Waals surface area (Å²) in [5, 5.41) is 9.16. The lowest BCUT2D eigenvalue weighted by atomic mass is 10.1. The number of benzene rings is 1. The zero-order valence-electron chi connectivity index (χ0n) is 11.1. The Hall–Kier alpha value is -1.13. The highest BCUT2D eigenvalue weighted by Gasteiger charge is 2.22. The predicted octanol–water partition coefficient (Wildman–Crippen LogP) is 2.06. The molecule has 1 aromatic carbocycles. The SMILES string of the molecule is CCN1CCN(Cc2ccc(O)c(F)c2)CC1C. The first-order chi connectivity index (χ1) is 8.60. The van der Waals surface area contributed by atoms with Gasteiger partial charge in [0.1, 0.15) is 0 Å². The number of nitrogens with zero attached hydrogens (tertiary/aromatic N) is 2. The molecule has 18 heavy (non-hydrogen) atoms. The minimum Gasteiger partial charge on any atom is -0.505 e. The number of phenolic OH excluding ortho intramolecular Hbond substituents is 1. The van der Waals surface area contributed by atoms with Gasteiger partial charge in [-0.05, 0) is 31.2 Å². The molecule has 0 saturated carbocycles. The van der Waals surface area contributed by atoms with E-state index in [1.54, 1.807) is 6.07 Å². The van der Waals surface area contributed by atoms with Gasteiger partial charge in [-0.1, -0.05) is 13.0 Å². The van der Waals surface area contributed by atoms with Crippen LogP contribution in [0.25, 0.3) is 0 Å². The zero-order chi connectivity index (χ0) is 13.1. The van der Waals surface area contributed by atoms with Crippen molar-refractivity contribution < 1.29 is 9.50 Å². The van der Waals surface area contributed by atoms with Crippen molar-refractivity contribution in [2.45, 2.75) is 26.4 Å². The van der Waals surface area contributed by atoms with Gasteiger partial charge in [0.2, 0.25) is 0 Å². The summed E-state index contributed by atoms with van der Waals surface area (Å²) in [6, 6.07) is 5.18. The monoisotopic (exact) mass is 252 g/mol. The molecule has 1 fully saturated rings. The summed E-state index contributed by atoms with van der Waals surface area (Å²) >= 11 is 0. The molecule has 0 bridgehead atoms. The van der Waals surface area contributed by atoms with Crippen LogP contribution in [0.2, 0.25) is 0 Å². The van der Waals surface area contributed by atoms with E-state index in [9.17, 15) is 4.39 Å². The molecule has 0 spiro atoms. The topological polar surface area (TPSA) is 26.7 Å². The van der Waals surface area contributed by atoms with Gasteiger partial charge in [0.15, 0.2) is 11.6 Å². The van der Waals surface area contributed by atoms with Crippen molar-refractivity contribution in [3.8, 4) is 5.75 Å². The highest BCUT2D eigenvalue weighted by molar-refractivity contribution is 5.28. The van der Waals surface area contributed by atoms with Crippen molar-refractivity contribution in [2.75, 3.05) is 26.2 Å². The van der Waals surface area contributed by atoms with Crippen LogP contribution >= 0.6 is 0 Å². The molecule has 1 aromatic rings. The van der Waals surface area contributed by atoms with Crippen molar-refractivity contribution >= 4 is 0 Å². The first-order valence-electron chi connectivity index (χ1n) is 6.54. The number of rotatable bonds is 3. The van der Waals surface area contributed by atoms with Gasteiger partial charge >= 0.3 is 0 Å². The van der Waals surface area contributed by atoms with Gasteiger partial charge in [-0.3, -0.25) is 9.80 Å². The molecule has 2 rings (SSSR count). The van der Waals surface area contributed by atoms with Gasteiger partial charge < -0.3 is 5.11 Å². The molecule has 1 unspecified atom stereocenters. The number of piperazine rings is 1. The van der Waals surface area contributed by atoms with Crippen LogP contribution in [-0.4, -0.2) is 47.1 Å². The number of likely N-dealkylation sites (N-methyl/N-ethyl adjacent to an activating group) is 1. The van der Waals surface area contributed by atoms with E-state index in [2.05, 4.69) is 23.6 Å². The van der Waals surface area contributed by atoms with Crippen molar-refractivity contribution in [3.05, 3.63) is 29.6 Å². The third-order valence-corrected chi connectivity index (χ3v) is 3.67. The van der Waals surface area contributed by atoms with Gasteiger partial charge in [-0.15, -0.1) is 0 Å². The normalized spacial score (nSPS) is 22.3. The molecular weight excluding hydrogens is 231 g/mol. The fourth-order valence-corrected chi connectivity index (χ4v) is 2.59. The maximum Gasteiger partial charge on any atom is 0.165 e. The van der Waals surface area contributed by atoms with Crippen LogP contribution in [0.3, 0.4) is 0 Å². The second-order valence-corrected chi connectivity index (χ2v) is 5.00. The van der Waals surface area contributed by atoms with Crippen molar-refractivity contribution in [1.29, 1.82) is 0 Å².